The van der Waals surface area contributed by atoms with Crippen molar-refractivity contribution in [2.24, 2.45) is 0 Å². The summed E-state index contributed by atoms with van der Waals surface area (Å²) in [4.78, 5) is 15.5. The van der Waals surface area contributed by atoms with Gasteiger partial charge in [0, 0.05) is 24.8 Å². The highest BCUT2D eigenvalue weighted by Crippen LogP contribution is 2.25. The van der Waals surface area contributed by atoms with Crippen LogP contribution in [-0.4, -0.2) is 48.2 Å². The number of hydrogen-bond acceptors (Lipinski definition) is 3. The number of hydrogen-bond donors (Lipinski definition) is 1. The smallest absolute Gasteiger partial charge is 0.305 e. The van der Waals surface area contributed by atoms with E-state index in [1.165, 1.54) is 0 Å². The molecule has 1 heterocycles. The number of carboxylic acids is 1. The van der Waals surface area contributed by atoms with E-state index in [0.29, 0.717) is 6.04 Å². The molecule has 0 radical (unpaired) electrons. The molecule has 0 bridgehead atoms. The minimum Gasteiger partial charge on any atom is -0.481 e. The molecule has 1 aromatic carbocycles. The summed E-state index contributed by atoms with van der Waals surface area (Å²) in [5.41, 5.74) is 1.12. The van der Waals surface area contributed by atoms with E-state index < -0.39 is 5.97 Å². The third-order valence-electron chi connectivity index (χ3n) is 3.43. The predicted octanol–water partition coefficient (Wildman–Crippen LogP) is 1.67. The van der Waals surface area contributed by atoms with Gasteiger partial charge in [-0.15, -0.1) is 0 Å². The van der Waals surface area contributed by atoms with Crippen LogP contribution in [0.1, 0.15) is 13.3 Å². The first kappa shape index (κ1) is 12.9. The third kappa shape index (κ3) is 2.82. The van der Waals surface area contributed by atoms with E-state index in [-0.39, 0.29) is 12.5 Å². The lowest BCUT2D eigenvalue weighted by Crippen LogP contribution is -2.57. The molecule has 1 fully saturated rings. The highest BCUT2D eigenvalue weighted by atomic mass is 16.4. The fourth-order valence-corrected chi connectivity index (χ4v) is 2.85. The summed E-state index contributed by atoms with van der Waals surface area (Å²) in [6.07, 6.45) is 0.184. The number of likely N-dealkylation sites (N-methyl/N-ethyl adjacent to an activating group) is 1. The quantitative estimate of drug-likeness (QED) is 0.883. The number of nitrogens with zero attached hydrogens (tertiary/aromatic N) is 2. The van der Waals surface area contributed by atoms with Crippen LogP contribution in [0.3, 0.4) is 0 Å². The Kier molecular flexibility index (Phi) is 3.87. The second kappa shape index (κ2) is 5.40. The van der Waals surface area contributed by atoms with Crippen LogP contribution in [0.25, 0.3) is 0 Å². The molecular formula is C14H20N2O2. The highest BCUT2D eigenvalue weighted by Gasteiger charge is 2.31. The van der Waals surface area contributed by atoms with Gasteiger partial charge in [0.2, 0.25) is 0 Å². The van der Waals surface area contributed by atoms with Crippen molar-refractivity contribution in [2.45, 2.75) is 25.4 Å². The standard InChI is InChI=1S/C14H20N2O2/c1-11-9-15(2)10-13(8-14(17)18)16(11)12-6-4-3-5-7-12/h3-7,11,13H,8-10H2,1-2H3,(H,17,18). The number of benzene rings is 1. The molecule has 4 nitrogen and oxygen atoms in total. The molecule has 98 valence electrons. The van der Waals surface area contributed by atoms with Crippen molar-refractivity contribution < 1.29 is 9.90 Å². The van der Waals surface area contributed by atoms with Crippen LogP contribution in [0.15, 0.2) is 30.3 Å². The Bertz CT molecular complexity index is 408. The first-order valence-electron chi connectivity index (χ1n) is 6.31. The zero-order chi connectivity index (χ0) is 13.1. The van der Waals surface area contributed by atoms with Gasteiger partial charge < -0.3 is 14.9 Å². The Hall–Kier alpha value is -1.55. The molecule has 2 rings (SSSR count). The molecule has 1 aliphatic heterocycles. The Labute approximate surface area is 108 Å². The number of anilines is 1. The minimum atomic E-state index is -0.733. The first-order chi connectivity index (χ1) is 8.58. The molecule has 0 aromatic heterocycles. The summed E-state index contributed by atoms with van der Waals surface area (Å²) >= 11 is 0. The predicted molar refractivity (Wildman–Crippen MR) is 71.9 cm³/mol. The number of para-hydroxylation sites is 1. The van der Waals surface area contributed by atoms with Gasteiger partial charge in [-0.1, -0.05) is 18.2 Å². The fraction of sp³-hybridized carbons (Fsp3) is 0.500. The summed E-state index contributed by atoms with van der Waals surface area (Å²) in [6, 6.07) is 10.5. The second-order valence-electron chi connectivity index (χ2n) is 5.06. The van der Waals surface area contributed by atoms with Crippen molar-refractivity contribution in [2.75, 3.05) is 25.0 Å². The van der Waals surface area contributed by atoms with Gasteiger partial charge >= 0.3 is 5.97 Å². The Balaban J connectivity index is 2.24. The molecular weight excluding hydrogens is 228 g/mol. The Morgan fingerprint density at radius 3 is 2.61 bits per heavy atom. The van der Waals surface area contributed by atoms with Gasteiger partial charge in [0.1, 0.15) is 0 Å². The number of aliphatic carboxylic acids is 1. The number of carbonyl (C=O) groups is 1. The molecule has 1 aliphatic rings. The third-order valence-corrected chi connectivity index (χ3v) is 3.43. The maximum Gasteiger partial charge on any atom is 0.305 e. The van der Waals surface area contributed by atoms with Crippen molar-refractivity contribution in [1.82, 2.24) is 4.90 Å². The summed E-state index contributed by atoms with van der Waals surface area (Å²) in [5.74, 6) is -0.733. The maximum atomic E-state index is 11.0. The van der Waals surface area contributed by atoms with E-state index >= 15 is 0 Å². The number of carboxylic acid groups (broad SMARTS) is 1. The van der Waals surface area contributed by atoms with Crippen LogP contribution < -0.4 is 4.90 Å². The van der Waals surface area contributed by atoms with Crippen LogP contribution in [-0.2, 0) is 4.79 Å². The Morgan fingerprint density at radius 2 is 2.00 bits per heavy atom. The maximum absolute atomic E-state index is 11.0. The number of rotatable bonds is 3. The van der Waals surface area contributed by atoms with E-state index in [0.717, 1.165) is 18.8 Å². The van der Waals surface area contributed by atoms with Crippen LogP contribution >= 0.6 is 0 Å². The lowest BCUT2D eigenvalue weighted by molar-refractivity contribution is -0.137. The normalized spacial score (nSPS) is 25.1. The molecule has 1 N–H and O–H groups in total. The Morgan fingerprint density at radius 1 is 1.33 bits per heavy atom. The number of piperazine rings is 1. The van der Waals surface area contributed by atoms with Crippen molar-refractivity contribution in [3.8, 4) is 0 Å². The van der Waals surface area contributed by atoms with Gasteiger partial charge in [-0.3, -0.25) is 4.79 Å². The van der Waals surface area contributed by atoms with E-state index in [1.807, 2.05) is 25.2 Å². The molecule has 0 spiro atoms. The summed E-state index contributed by atoms with van der Waals surface area (Å²) in [5, 5.41) is 9.06. The second-order valence-corrected chi connectivity index (χ2v) is 5.06. The van der Waals surface area contributed by atoms with Gasteiger partial charge in [0.25, 0.3) is 0 Å². The van der Waals surface area contributed by atoms with E-state index in [2.05, 4.69) is 28.9 Å². The zero-order valence-electron chi connectivity index (χ0n) is 10.9. The lowest BCUT2D eigenvalue weighted by atomic mass is 10.0. The van der Waals surface area contributed by atoms with E-state index in [9.17, 15) is 4.79 Å². The van der Waals surface area contributed by atoms with Gasteiger partial charge in [-0.25, -0.2) is 0 Å². The molecule has 2 unspecified atom stereocenters. The first-order valence-corrected chi connectivity index (χ1v) is 6.31. The molecule has 0 aliphatic carbocycles. The monoisotopic (exact) mass is 248 g/mol. The fourth-order valence-electron chi connectivity index (χ4n) is 2.85. The average Bonchev–Trinajstić information content (AvgIpc) is 2.28. The largest absolute Gasteiger partial charge is 0.481 e. The van der Waals surface area contributed by atoms with Crippen LogP contribution in [0.4, 0.5) is 5.69 Å². The van der Waals surface area contributed by atoms with Crippen LogP contribution in [0.5, 0.6) is 0 Å². The summed E-state index contributed by atoms with van der Waals surface area (Å²) in [7, 11) is 2.05. The minimum absolute atomic E-state index is 0.0404. The van der Waals surface area contributed by atoms with E-state index in [1.54, 1.807) is 0 Å². The van der Waals surface area contributed by atoms with Gasteiger partial charge in [-0.05, 0) is 26.1 Å². The topological polar surface area (TPSA) is 43.8 Å². The van der Waals surface area contributed by atoms with Gasteiger partial charge in [0.05, 0.1) is 12.5 Å². The summed E-state index contributed by atoms with van der Waals surface area (Å²) in [6.45, 7) is 3.91. The SMILES string of the molecule is CC1CN(C)CC(CC(=O)O)N1c1ccccc1. The van der Waals surface area contributed by atoms with Crippen molar-refractivity contribution in [3.05, 3.63) is 30.3 Å². The summed E-state index contributed by atoms with van der Waals surface area (Å²) < 4.78 is 0. The van der Waals surface area contributed by atoms with Crippen molar-refractivity contribution in [3.63, 3.8) is 0 Å². The van der Waals surface area contributed by atoms with Crippen molar-refractivity contribution >= 4 is 11.7 Å². The zero-order valence-corrected chi connectivity index (χ0v) is 10.9. The molecule has 2 atom stereocenters. The molecule has 1 saturated heterocycles. The molecule has 1 aromatic rings. The molecule has 0 amide bonds. The van der Waals surface area contributed by atoms with E-state index in [4.69, 9.17) is 5.11 Å². The lowest BCUT2D eigenvalue weighted by Gasteiger charge is -2.45. The molecule has 18 heavy (non-hydrogen) atoms. The van der Waals surface area contributed by atoms with Gasteiger partial charge in [-0.2, -0.15) is 0 Å². The van der Waals surface area contributed by atoms with Crippen molar-refractivity contribution in [1.29, 1.82) is 0 Å². The van der Waals surface area contributed by atoms with Crippen LogP contribution in [0, 0.1) is 0 Å². The highest BCUT2D eigenvalue weighted by molar-refractivity contribution is 5.69. The van der Waals surface area contributed by atoms with Crippen LogP contribution in [0.2, 0.25) is 0 Å². The average molecular weight is 248 g/mol. The van der Waals surface area contributed by atoms with Gasteiger partial charge in [0.15, 0.2) is 0 Å². The molecule has 0 saturated carbocycles. The molecule has 4 heteroatoms.